The van der Waals surface area contributed by atoms with Gasteiger partial charge in [0, 0.05) is 22.2 Å². The van der Waals surface area contributed by atoms with E-state index in [1.807, 2.05) is 32.0 Å². The molecule has 0 aliphatic heterocycles. The lowest BCUT2D eigenvalue weighted by molar-refractivity contribution is 0.0903. The summed E-state index contributed by atoms with van der Waals surface area (Å²) in [5.41, 5.74) is 3.26. The van der Waals surface area contributed by atoms with Crippen molar-refractivity contribution >= 4 is 16.8 Å². The van der Waals surface area contributed by atoms with Crippen molar-refractivity contribution in [3.05, 3.63) is 35.0 Å². The molecule has 0 spiro atoms. The second-order valence-electron chi connectivity index (χ2n) is 6.34. The van der Waals surface area contributed by atoms with Crippen LogP contribution in [0.4, 0.5) is 0 Å². The molecular formula is C18H21N3O. The minimum atomic E-state index is -0.687. The predicted molar refractivity (Wildman–Crippen MR) is 86.7 cm³/mol. The van der Waals surface area contributed by atoms with Crippen LogP contribution in [-0.2, 0) is 0 Å². The van der Waals surface area contributed by atoms with Crippen LogP contribution < -0.4 is 5.32 Å². The lowest BCUT2D eigenvalue weighted by atomic mass is 9.82. The maximum Gasteiger partial charge on any atom is 0.252 e. The molecule has 4 nitrogen and oxygen atoms in total. The Balaban J connectivity index is 1.88. The van der Waals surface area contributed by atoms with Crippen LogP contribution in [-0.4, -0.2) is 16.4 Å². The van der Waals surface area contributed by atoms with E-state index in [1.165, 1.54) is 0 Å². The molecule has 1 heterocycles. The first kappa shape index (κ1) is 14.6. The molecule has 3 rings (SSSR count). The van der Waals surface area contributed by atoms with E-state index in [2.05, 4.69) is 16.4 Å². The minimum Gasteiger partial charge on any atom is -0.358 e. The predicted octanol–water partition coefficient (Wildman–Crippen LogP) is 3.74. The molecule has 0 saturated heterocycles. The number of aromatic nitrogens is 1. The number of fused-ring (bicyclic) bond motifs is 1. The Kier molecular flexibility index (Phi) is 3.66. The van der Waals surface area contributed by atoms with Crippen LogP contribution in [0.5, 0.6) is 0 Å². The van der Waals surface area contributed by atoms with Crippen molar-refractivity contribution in [2.45, 2.75) is 51.5 Å². The molecule has 2 aromatic rings. The first-order chi connectivity index (χ1) is 10.5. The van der Waals surface area contributed by atoms with Crippen LogP contribution in [0, 0.1) is 25.2 Å². The van der Waals surface area contributed by atoms with E-state index in [1.54, 1.807) is 0 Å². The van der Waals surface area contributed by atoms with Gasteiger partial charge in [0.2, 0.25) is 0 Å². The van der Waals surface area contributed by atoms with Gasteiger partial charge in [-0.3, -0.25) is 4.79 Å². The fourth-order valence-electron chi connectivity index (χ4n) is 3.31. The number of H-pyrrole nitrogens is 1. The standard InChI is InChI=1S/C18H21N3O/c1-12-13(2)20-16-7-6-14(10-15(12)16)17(22)21-18(11-19)8-4-3-5-9-18/h6-7,10,20H,3-5,8-9H2,1-2H3,(H,21,22). The van der Waals surface area contributed by atoms with E-state index < -0.39 is 5.54 Å². The van der Waals surface area contributed by atoms with Gasteiger partial charge in [-0.1, -0.05) is 19.3 Å². The smallest absolute Gasteiger partial charge is 0.252 e. The molecule has 1 amide bonds. The van der Waals surface area contributed by atoms with Crippen molar-refractivity contribution in [1.82, 2.24) is 10.3 Å². The molecule has 1 aliphatic rings. The van der Waals surface area contributed by atoms with Gasteiger partial charge in [0.1, 0.15) is 5.54 Å². The summed E-state index contributed by atoms with van der Waals surface area (Å²) in [5, 5.41) is 13.5. The average Bonchev–Trinajstić information content (AvgIpc) is 2.82. The van der Waals surface area contributed by atoms with Crippen LogP contribution in [0.3, 0.4) is 0 Å². The highest BCUT2D eigenvalue weighted by Gasteiger charge is 2.33. The number of aryl methyl sites for hydroxylation is 2. The van der Waals surface area contributed by atoms with Crippen LogP contribution >= 0.6 is 0 Å². The highest BCUT2D eigenvalue weighted by Crippen LogP contribution is 2.28. The maximum atomic E-state index is 12.6. The summed E-state index contributed by atoms with van der Waals surface area (Å²) in [7, 11) is 0. The Morgan fingerprint density at radius 1 is 1.27 bits per heavy atom. The third-order valence-electron chi connectivity index (χ3n) is 4.84. The van der Waals surface area contributed by atoms with E-state index in [0.29, 0.717) is 5.56 Å². The molecule has 2 N–H and O–H groups in total. The van der Waals surface area contributed by atoms with Gasteiger partial charge in [0.25, 0.3) is 5.91 Å². The first-order valence-electron chi connectivity index (χ1n) is 7.87. The number of benzene rings is 1. The summed E-state index contributed by atoms with van der Waals surface area (Å²) in [6, 6.07) is 8.00. The molecule has 4 heteroatoms. The SMILES string of the molecule is Cc1[nH]c2ccc(C(=O)NC3(C#N)CCCCC3)cc2c1C. The van der Waals surface area contributed by atoms with Crippen LogP contribution in [0.15, 0.2) is 18.2 Å². The summed E-state index contributed by atoms with van der Waals surface area (Å²) in [6.45, 7) is 4.08. The van der Waals surface area contributed by atoms with Crippen molar-refractivity contribution in [3.63, 3.8) is 0 Å². The molecule has 0 unspecified atom stereocenters. The Bertz CT molecular complexity index is 760. The van der Waals surface area contributed by atoms with E-state index >= 15 is 0 Å². The van der Waals surface area contributed by atoms with Crippen LogP contribution in [0.2, 0.25) is 0 Å². The zero-order chi connectivity index (χ0) is 15.7. The van der Waals surface area contributed by atoms with Gasteiger partial charge in [-0.25, -0.2) is 0 Å². The second kappa shape index (κ2) is 5.49. The van der Waals surface area contributed by atoms with Gasteiger partial charge in [-0.15, -0.1) is 0 Å². The minimum absolute atomic E-state index is 0.149. The van der Waals surface area contributed by atoms with Crippen LogP contribution in [0.1, 0.15) is 53.7 Å². The number of amides is 1. The summed E-state index contributed by atoms with van der Waals surface area (Å²) in [4.78, 5) is 15.9. The molecule has 1 aliphatic carbocycles. The third kappa shape index (κ3) is 2.48. The number of nitriles is 1. The molecule has 0 bridgehead atoms. The fourth-order valence-corrected chi connectivity index (χ4v) is 3.31. The van der Waals surface area contributed by atoms with Crippen LogP contribution in [0.25, 0.3) is 10.9 Å². The van der Waals surface area contributed by atoms with Crippen molar-refractivity contribution in [2.75, 3.05) is 0 Å². The first-order valence-corrected chi connectivity index (χ1v) is 7.87. The lowest BCUT2D eigenvalue weighted by Gasteiger charge is -2.31. The zero-order valence-electron chi connectivity index (χ0n) is 13.1. The fraction of sp³-hybridized carbons (Fsp3) is 0.444. The molecule has 1 saturated carbocycles. The highest BCUT2D eigenvalue weighted by molar-refractivity contribution is 5.99. The van der Waals surface area contributed by atoms with E-state index in [-0.39, 0.29) is 5.91 Å². The van der Waals surface area contributed by atoms with Gasteiger partial charge in [-0.05, 0) is 50.5 Å². The van der Waals surface area contributed by atoms with Gasteiger partial charge >= 0.3 is 0 Å². The quantitative estimate of drug-likeness (QED) is 0.886. The Morgan fingerprint density at radius 3 is 2.68 bits per heavy atom. The van der Waals surface area contributed by atoms with E-state index in [0.717, 1.165) is 54.3 Å². The van der Waals surface area contributed by atoms with Crippen molar-refractivity contribution in [1.29, 1.82) is 5.26 Å². The second-order valence-corrected chi connectivity index (χ2v) is 6.34. The monoisotopic (exact) mass is 295 g/mol. The molecular weight excluding hydrogens is 274 g/mol. The summed E-state index contributed by atoms with van der Waals surface area (Å²) in [5.74, 6) is -0.149. The normalized spacial score (nSPS) is 17.1. The number of hydrogen-bond donors (Lipinski definition) is 2. The van der Waals surface area contributed by atoms with E-state index in [4.69, 9.17) is 0 Å². The Labute approximate surface area is 130 Å². The maximum absolute atomic E-state index is 12.6. The molecule has 0 atom stereocenters. The highest BCUT2D eigenvalue weighted by atomic mass is 16.1. The topological polar surface area (TPSA) is 68.7 Å². The average molecular weight is 295 g/mol. The molecule has 1 aromatic carbocycles. The van der Waals surface area contributed by atoms with Gasteiger partial charge in [-0.2, -0.15) is 5.26 Å². The van der Waals surface area contributed by atoms with Gasteiger partial charge in [0.15, 0.2) is 0 Å². The molecule has 1 aromatic heterocycles. The number of rotatable bonds is 2. The zero-order valence-corrected chi connectivity index (χ0v) is 13.1. The summed E-state index contributed by atoms with van der Waals surface area (Å²) in [6.07, 6.45) is 4.65. The summed E-state index contributed by atoms with van der Waals surface area (Å²) < 4.78 is 0. The van der Waals surface area contributed by atoms with Gasteiger partial charge < -0.3 is 10.3 Å². The summed E-state index contributed by atoms with van der Waals surface area (Å²) >= 11 is 0. The van der Waals surface area contributed by atoms with Crippen molar-refractivity contribution < 1.29 is 4.79 Å². The Morgan fingerprint density at radius 2 is 2.00 bits per heavy atom. The van der Waals surface area contributed by atoms with Crippen molar-refractivity contribution in [3.8, 4) is 6.07 Å². The van der Waals surface area contributed by atoms with Crippen molar-refractivity contribution in [2.24, 2.45) is 0 Å². The number of carbonyl (C=O) groups is 1. The molecule has 1 fully saturated rings. The largest absolute Gasteiger partial charge is 0.358 e. The van der Waals surface area contributed by atoms with E-state index in [9.17, 15) is 10.1 Å². The molecule has 114 valence electrons. The number of nitrogens with zero attached hydrogens (tertiary/aromatic N) is 1. The molecule has 0 radical (unpaired) electrons. The van der Waals surface area contributed by atoms with Gasteiger partial charge in [0.05, 0.1) is 6.07 Å². The number of nitrogens with one attached hydrogen (secondary N) is 2. The number of carbonyl (C=O) groups excluding carboxylic acids is 1. The lowest BCUT2D eigenvalue weighted by Crippen LogP contribution is -2.48. The Hall–Kier alpha value is -2.28. The molecule has 22 heavy (non-hydrogen) atoms. The third-order valence-corrected chi connectivity index (χ3v) is 4.84. The number of aromatic amines is 1. The number of hydrogen-bond acceptors (Lipinski definition) is 2.